The summed E-state index contributed by atoms with van der Waals surface area (Å²) in [6, 6.07) is 8.26. The minimum atomic E-state index is -2.37. The fraction of sp³-hybridized carbons (Fsp3) is 0.333. The lowest BCUT2D eigenvalue weighted by molar-refractivity contribution is -0.131. The number of carbonyl (C=O) groups excluding carboxylic acids is 2. The first-order valence-corrected chi connectivity index (χ1v) is 6.29. The van der Waals surface area contributed by atoms with E-state index in [0.717, 1.165) is 0 Å². The van der Waals surface area contributed by atoms with Gasteiger partial charge in [0.2, 0.25) is 5.78 Å². The van der Waals surface area contributed by atoms with Crippen LogP contribution in [0.25, 0.3) is 11.0 Å². The van der Waals surface area contributed by atoms with E-state index < -0.39 is 43.4 Å². The SMILES string of the molecule is O=C(CC(=O)C(CF)(CF)CF)c1cc2ccccc2o1. The quantitative estimate of drug-likeness (QED) is 0.581. The van der Waals surface area contributed by atoms with Crippen LogP contribution in [0.1, 0.15) is 17.0 Å². The maximum atomic E-state index is 12.7. The van der Waals surface area contributed by atoms with Gasteiger partial charge >= 0.3 is 0 Å². The molecule has 6 heteroatoms. The van der Waals surface area contributed by atoms with Gasteiger partial charge in [0.05, 0.1) is 6.42 Å². The number of hydrogen-bond acceptors (Lipinski definition) is 3. The number of rotatable bonds is 7. The van der Waals surface area contributed by atoms with Crippen LogP contribution in [-0.2, 0) is 4.79 Å². The van der Waals surface area contributed by atoms with Crippen LogP contribution in [0.4, 0.5) is 13.2 Å². The summed E-state index contributed by atoms with van der Waals surface area (Å²) in [7, 11) is 0. The monoisotopic (exact) mass is 298 g/mol. The molecule has 0 bridgehead atoms. The van der Waals surface area contributed by atoms with E-state index in [0.29, 0.717) is 11.0 Å². The molecule has 0 saturated heterocycles. The predicted molar refractivity (Wildman–Crippen MR) is 70.5 cm³/mol. The van der Waals surface area contributed by atoms with Crippen molar-refractivity contribution < 1.29 is 27.2 Å². The van der Waals surface area contributed by atoms with E-state index in [4.69, 9.17) is 4.42 Å². The summed E-state index contributed by atoms with van der Waals surface area (Å²) in [5.74, 6) is -1.91. The number of benzene rings is 1. The fourth-order valence-electron chi connectivity index (χ4n) is 1.87. The molecule has 1 aromatic heterocycles. The Morgan fingerprint density at radius 2 is 1.67 bits per heavy atom. The molecule has 1 aromatic carbocycles. The van der Waals surface area contributed by atoms with Crippen molar-refractivity contribution in [3.63, 3.8) is 0 Å². The first-order chi connectivity index (χ1) is 10.1. The Morgan fingerprint density at radius 1 is 1.05 bits per heavy atom. The largest absolute Gasteiger partial charge is 0.453 e. The molecule has 0 atom stereocenters. The first kappa shape index (κ1) is 15.3. The molecule has 21 heavy (non-hydrogen) atoms. The zero-order valence-electron chi connectivity index (χ0n) is 11.1. The van der Waals surface area contributed by atoms with Gasteiger partial charge in [0, 0.05) is 5.39 Å². The van der Waals surface area contributed by atoms with Crippen LogP contribution in [0.3, 0.4) is 0 Å². The lowest BCUT2D eigenvalue weighted by atomic mass is 9.85. The second kappa shape index (κ2) is 6.11. The number of furan rings is 1. The highest BCUT2D eigenvalue weighted by atomic mass is 19.1. The molecular weight excluding hydrogens is 285 g/mol. The van der Waals surface area contributed by atoms with Crippen LogP contribution in [0, 0.1) is 5.41 Å². The third-order valence-electron chi connectivity index (χ3n) is 3.38. The molecule has 0 aliphatic carbocycles. The Hall–Kier alpha value is -2.11. The van der Waals surface area contributed by atoms with Crippen LogP contribution in [0.15, 0.2) is 34.7 Å². The van der Waals surface area contributed by atoms with E-state index in [9.17, 15) is 22.8 Å². The second-order valence-corrected chi connectivity index (χ2v) is 4.85. The summed E-state index contributed by atoms with van der Waals surface area (Å²) in [5, 5.41) is 0.668. The average molecular weight is 298 g/mol. The molecule has 0 radical (unpaired) electrons. The molecular formula is C15H13F3O3. The maximum absolute atomic E-state index is 12.7. The lowest BCUT2D eigenvalue weighted by Crippen LogP contribution is -2.39. The minimum Gasteiger partial charge on any atom is -0.453 e. The van der Waals surface area contributed by atoms with Crippen LogP contribution in [0.2, 0.25) is 0 Å². The zero-order valence-corrected chi connectivity index (χ0v) is 11.1. The van der Waals surface area contributed by atoms with Gasteiger partial charge in [-0.3, -0.25) is 9.59 Å². The highest BCUT2D eigenvalue weighted by molar-refractivity contribution is 6.09. The molecule has 0 aliphatic heterocycles. The van der Waals surface area contributed by atoms with Crippen LogP contribution in [0.5, 0.6) is 0 Å². The topological polar surface area (TPSA) is 47.3 Å². The highest BCUT2D eigenvalue weighted by Gasteiger charge is 2.40. The number of Topliss-reactive ketones (excluding diaryl/α,β-unsaturated/α-hetero) is 2. The smallest absolute Gasteiger partial charge is 0.205 e. The van der Waals surface area contributed by atoms with Crippen molar-refractivity contribution in [1.82, 2.24) is 0 Å². The molecule has 0 fully saturated rings. The van der Waals surface area contributed by atoms with Crippen LogP contribution >= 0.6 is 0 Å². The van der Waals surface area contributed by atoms with Crippen LogP contribution in [-0.4, -0.2) is 31.6 Å². The molecule has 2 aromatic rings. The van der Waals surface area contributed by atoms with Crippen LogP contribution < -0.4 is 0 Å². The number of ketones is 2. The molecule has 2 rings (SSSR count). The van der Waals surface area contributed by atoms with E-state index in [2.05, 4.69) is 0 Å². The van der Waals surface area contributed by atoms with Crippen molar-refractivity contribution in [2.45, 2.75) is 6.42 Å². The van der Waals surface area contributed by atoms with Crippen molar-refractivity contribution in [2.24, 2.45) is 5.41 Å². The molecule has 1 heterocycles. The molecule has 0 N–H and O–H groups in total. The molecule has 0 amide bonds. The van der Waals surface area contributed by atoms with Gasteiger partial charge in [-0.25, -0.2) is 13.2 Å². The molecule has 0 saturated carbocycles. The van der Waals surface area contributed by atoms with E-state index in [1.165, 1.54) is 6.07 Å². The molecule has 3 nitrogen and oxygen atoms in total. The minimum absolute atomic E-state index is 0.0879. The zero-order chi connectivity index (χ0) is 15.5. The molecule has 0 unspecified atom stereocenters. The Kier molecular flexibility index (Phi) is 4.45. The third kappa shape index (κ3) is 2.84. The number of hydrogen-bond donors (Lipinski definition) is 0. The fourth-order valence-corrected chi connectivity index (χ4v) is 1.87. The normalized spacial score (nSPS) is 11.8. The van der Waals surface area contributed by atoms with Gasteiger partial charge in [-0.15, -0.1) is 0 Å². The van der Waals surface area contributed by atoms with Crippen molar-refractivity contribution in [1.29, 1.82) is 0 Å². The van der Waals surface area contributed by atoms with Crippen molar-refractivity contribution in [3.05, 3.63) is 36.1 Å². The van der Waals surface area contributed by atoms with Gasteiger partial charge in [0.1, 0.15) is 31.0 Å². The highest BCUT2D eigenvalue weighted by Crippen LogP contribution is 2.25. The standard InChI is InChI=1S/C15H13F3O3/c16-7-15(8-17,9-18)14(20)6-11(19)13-5-10-3-1-2-4-12(10)21-13/h1-5H,6-9H2. The van der Waals surface area contributed by atoms with Crippen molar-refractivity contribution >= 4 is 22.5 Å². The number of halogens is 3. The number of alkyl halides is 3. The molecule has 0 spiro atoms. The number of para-hydroxylation sites is 1. The second-order valence-electron chi connectivity index (χ2n) is 4.85. The Balaban J connectivity index is 2.19. The Bertz CT molecular complexity index is 618. The Morgan fingerprint density at radius 3 is 2.24 bits per heavy atom. The summed E-state index contributed by atoms with van der Waals surface area (Å²) in [4.78, 5) is 23.7. The van der Waals surface area contributed by atoms with Gasteiger partial charge in [-0.05, 0) is 12.1 Å². The third-order valence-corrected chi connectivity index (χ3v) is 3.38. The van der Waals surface area contributed by atoms with Crippen molar-refractivity contribution in [2.75, 3.05) is 20.0 Å². The Labute approximate surface area is 118 Å². The van der Waals surface area contributed by atoms with Gasteiger partial charge in [-0.1, -0.05) is 18.2 Å². The summed E-state index contributed by atoms with van der Waals surface area (Å²) in [6.07, 6.45) is -0.794. The predicted octanol–water partition coefficient (Wildman–Crippen LogP) is 3.47. The number of fused-ring (bicyclic) bond motifs is 1. The summed E-state index contributed by atoms with van der Waals surface area (Å²) in [6.45, 7) is -4.44. The van der Waals surface area contributed by atoms with E-state index in [1.54, 1.807) is 24.3 Å². The van der Waals surface area contributed by atoms with E-state index >= 15 is 0 Å². The molecule has 0 aliphatic rings. The molecule has 112 valence electrons. The summed E-state index contributed by atoms with van der Waals surface area (Å²) in [5.41, 5.74) is -1.91. The summed E-state index contributed by atoms with van der Waals surface area (Å²) < 4.78 is 43.5. The number of carbonyl (C=O) groups is 2. The van der Waals surface area contributed by atoms with E-state index in [1.807, 2.05) is 0 Å². The van der Waals surface area contributed by atoms with Gasteiger partial charge in [-0.2, -0.15) is 0 Å². The van der Waals surface area contributed by atoms with Gasteiger partial charge in [0.25, 0.3) is 0 Å². The first-order valence-electron chi connectivity index (χ1n) is 6.29. The van der Waals surface area contributed by atoms with Gasteiger partial charge < -0.3 is 4.42 Å². The lowest BCUT2D eigenvalue weighted by Gasteiger charge is -2.21. The maximum Gasteiger partial charge on any atom is 0.205 e. The average Bonchev–Trinajstić information content (AvgIpc) is 2.93. The summed E-state index contributed by atoms with van der Waals surface area (Å²) >= 11 is 0. The van der Waals surface area contributed by atoms with Gasteiger partial charge in [0.15, 0.2) is 11.5 Å². The van der Waals surface area contributed by atoms with E-state index in [-0.39, 0.29) is 5.76 Å². The van der Waals surface area contributed by atoms with Crippen molar-refractivity contribution in [3.8, 4) is 0 Å².